The van der Waals surface area contributed by atoms with Crippen LogP contribution in [0.1, 0.15) is 61.4 Å². The molecular formula is C34H36F4N6. The Morgan fingerprint density at radius 3 is 2.23 bits per heavy atom. The molecule has 5 aromatic rings. The van der Waals surface area contributed by atoms with E-state index in [4.69, 9.17) is 4.98 Å². The zero-order valence-corrected chi connectivity index (χ0v) is 25.2. The van der Waals surface area contributed by atoms with E-state index in [1.54, 1.807) is 4.68 Å². The molecule has 0 amide bonds. The van der Waals surface area contributed by atoms with Crippen molar-refractivity contribution in [3.63, 3.8) is 0 Å². The highest BCUT2D eigenvalue weighted by atomic mass is 19.3. The average molecular weight is 605 g/mol. The van der Waals surface area contributed by atoms with Crippen molar-refractivity contribution >= 4 is 27.6 Å². The Balaban J connectivity index is 1.52. The molecule has 3 aromatic heterocycles. The molecule has 0 bridgehead atoms. The van der Waals surface area contributed by atoms with Gasteiger partial charge < -0.3 is 9.47 Å². The average Bonchev–Trinajstić information content (AvgIpc) is 3.51. The Morgan fingerprint density at radius 2 is 1.57 bits per heavy atom. The minimum Gasteiger partial charge on any atom is -0.370 e. The highest BCUT2D eigenvalue weighted by Crippen LogP contribution is 2.48. The fraction of sp³-hybridized carbons (Fsp3) is 0.441. The highest BCUT2D eigenvalue weighted by molar-refractivity contribution is 6.14. The highest BCUT2D eigenvalue weighted by Gasteiger charge is 2.40. The number of hydrogen-bond donors (Lipinski definition) is 0. The van der Waals surface area contributed by atoms with Gasteiger partial charge in [0.05, 0.1) is 34.0 Å². The Morgan fingerprint density at radius 1 is 0.886 bits per heavy atom. The van der Waals surface area contributed by atoms with Crippen molar-refractivity contribution in [3.8, 4) is 11.3 Å². The monoisotopic (exact) mass is 604 g/mol. The molecule has 0 radical (unpaired) electrons. The third kappa shape index (κ3) is 4.92. The van der Waals surface area contributed by atoms with Crippen molar-refractivity contribution in [2.24, 2.45) is 13.0 Å². The van der Waals surface area contributed by atoms with E-state index in [1.165, 1.54) is 0 Å². The van der Waals surface area contributed by atoms with Crippen molar-refractivity contribution in [1.29, 1.82) is 0 Å². The first kappa shape index (κ1) is 28.8. The summed E-state index contributed by atoms with van der Waals surface area (Å²) < 4.78 is 61.4. The first-order valence-electron chi connectivity index (χ1n) is 15.4. The number of aryl methyl sites for hydroxylation is 3. The van der Waals surface area contributed by atoms with Crippen molar-refractivity contribution < 1.29 is 17.6 Å². The molecular weight excluding hydrogens is 568 g/mol. The predicted molar refractivity (Wildman–Crippen MR) is 165 cm³/mol. The third-order valence-corrected chi connectivity index (χ3v) is 9.69. The number of pyridine rings is 1. The summed E-state index contributed by atoms with van der Waals surface area (Å²) in [5.41, 5.74) is 8.04. The molecule has 44 heavy (non-hydrogen) atoms. The molecule has 230 valence electrons. The molecule has 0 spiro atoms. The van der Waals surface area contributed by atoms with Gasteiger partial charge in [-0.05, 0) is 55.9 Å². The van der Waals surface area contributed by atoms with Crippen LogP contribution in [0.5, 0.6) is 0 Å². The lowest BCUT2D eigenvalue weighted by atomic mass is 9.79. The van der Waals surface area contributed by atoms with E-state index in [0.717, 1.165) is 55.7 Å². The van der Waals surface area contributed by atoms with Gasteiger partial charge in [-0.3, -0.25) is 4.98 Å². The van der Waals surface area contributed by atoms with Crippen LogP contribution in [0, 0.1) is 19.8 Å². The van der Waals surface area contributed by atoms with Gasteiger partial charge in [0, 0.05) is 68.7 Å². The molecule has 0 N–H and O–H groups in total. The normalized spacial score (nSPS) is 19.6. The zero-order valence-electron chi connectivity index (χ0n) is 25.2. The van der Waals surface area contributed by atoms with Crippen LogP contribution in [0.2, 0.25) is 0 Å². The van der Waals surface area contributed by atoms with Gasteiger partial charge in [0.1, 0.15) is 0 Å². The maximum atomic E-state index is 14.5. The van der Waals surface area contributed by atoms with Crippen LogP contribution in [0.15, 0.2) is 54.7 Å². The van der Waals surface area contributed by atoms with E-state index in [0.29, 0.717) is 12.8 Å². The Bertz CT molecular complexity index is 1800. The lowest BCUT2D eigenvalue weighted by molar-refractivity contribution is -0.0493. The molecule has 1 aliphatic heterocycles. The number of hydrogen-bond acceptors (Lipinski definition) is 4. The molecule has 1 atom stereocenters. The number of piperidine rings is 1. The molecule has 2 fully saturated rings. The second-order valence-electron chi connectivity index (χ2n) is 12.6. The van der Waals surface area contributed by atoms with Crippen molar-refractivity contribution in [2.75, 3.05) is 18.0 Å². The fourth-order valence-corrected chi connectivity index (χ4v) is 7.45. The minimum atomic E-state index is -2.67. The van der Waals surface area contributed by atoms with E-state index in [2.05, 4.69) is 40.0 Å². The first-order valence-corrected chi connectivity index (χ1v) is 15.4. The van der Waals surface area contributed by atoms with E-state index in [-0.39, 0.29) is 50.7 Å². The smallest absolute Gasteiger partial charge is 0.251 e. The molecule has 1 saturated carbocycles. The van der Waals surface area contributed by atoms with Crippen LogP contribution in [-0.4, -0.2) is 49.5 Å². The first-order chi connectivity index (χ1) is 21.0. The molecule has 1 aliphatic carbocycles. The summed E-state index contributed by atoms with van der Waals surface area (Å²) in [6.07, 6.45) is 1.92. The van der Waals surface area contributed by atoms with E-state index < -0.39 is 11.8 Å². The second kappa shape index (κ2) is 10.6. The minimum absolute atomic E-state index is 0.0312. The van der Waals surface area contributed by atoms with Crippen LogP contribution in [-0.2, 0) is 7.05 Å². The van der Waals surface area contributed by atoms with Crippen molar-refractivity contribution in [3.05, 3.63) is 71.5 Å². The summed E-state index contributed by atoms with van der Waals surface area (Å²) in [6.45, 7) is 4.45. The summed E-state index contributed by atoms with van der Waals surface area (Å²) in [5, 5.41) is 9.37. The second-order valence-corrected chi connectivity index (χ2v) is 12.6. The van der Waals surface area contributed by atoms with Gasteiger partial charge >= 0.3 is 0 Å². The summed E-state index contributed by atoms with van der Waals surface area (Å²) >= 11 is 0. The predicted octanol–water partition coefficient (Wildman–Crippen LogP) is 8.25. The van der Waals surface area contributed by atoms with E-state index in [1.807, 2.05) is 55.4 Å². The maximum Gasteiger partial charge on any atom is 0.251 e. The summed E-state index contributed by atoms with van der Waals surface area (Å²) in [6, 6.07) is 16.1. The molecule has 2 aliphatic rings. The number of rotatable bonds is 5. The van der Waals surface area contributed by atoms with Gasteiger partial charge in [-0.25, -0.2) is 22.2 Å². The molecule has 7 rings (SSSR count). The van der Waals surface area contributed by atoms with Gasteiger partial charge in [0.2, 0.25) is 5.92 Å². The SMILES string of the molecule is Cc1nnn(C)c1-c1cnc2c3c(N4CCC(F)(F)CC4)ccc(C)c3n(C(c3ccccc3)C3CCC(F)(F)CC3)c2c1. The number of alkyl halides is 4. The van der Waals surface area contributed by atoms with Crippen LogP contribution >= 0.6 is 0 Å². The quantitative estimate of drug-likeness (QED) is 0.190. The number of anilines is 1. The maximum absolute atomic E-state index is 14.5. The van der Waals surface area contributed by atoms with Crippen LogP contribution in [0.25, 0.3) is 33.2 Å². The number of nitrogens with zero attached hydrogens (tertiary/aromatic N) is 6. The van der Waals surface area contributed by atoms with Crippen LogP contribution in [0.4, 0.5) is 23.2 Å². The molecule has 4 heterocycles. The van der Waals surface area contributed by atoms with Crippen molar-refractivity contribution in [1.82, 2.24) is 24.5 Å². The molecule has 10 heteroatoms. The van der Waals surface area contributed by atoms with Gasteiger partial charge in [0.25, 0.3) is 5.92 Å². The number of aromatic nitrogens is 5. The van der Waals surface area contributed by atoms with E-state index in [9.17, 15) is 17.6 Å². The lowest BCUT2D eigenvalue weighted by Crippen LogP contribution is -2.39. The van der Waals surface area contributed by atoms with Gasteiger partial charge in [0.15, 0.2) is 0 Å². The van der Waals surface area contributed by atoms with Crippen molar-refractivity contribution in [2.45, 2.75) is 70.3 Å². The fourth-order valence-electron chi connectivity index (χ4n) is 7.45. The number of benzene rings is 2. The van der Waals surface area contributed by atoms with Crippen LogP contribution in [0.3, 0.4) is 0 Å². The van der Waals surface area contributed by atoms with Gasteiger partial charge in [-0.15, -0.1) is 5.10 Å². The zero-order chi connectivity index (χ0) is 30.8. The summed E-state index contributed by atoms with van der Waals surface area (Å²) in [7, 11) is 1.85. The lowest BCUT2D eigenvalue weighted by Gasteiger charge is -2.36. The Hall–Kier alpha value is -3.95. The molecule has 2 aromatic carbocycles. The van der Waals surface area contributed by atoms with Gasteiger partial charge in [-0.2, -0.15) is 0 Å². The summed E-state index contributed by atoms with van der Waals surface area (Å²) in [5.74, 6) is -5.36. The topological polar surface area (TPSA) is 51.8 Å². The standard InChI is InChI=1S/C34H36F4N6/c1-21-9-10-26(43-17-15-34(37,38)16-18-43)28-29-27(19-25(20-39-29)31-22(2)40-41-42(31)3)44(30(21)28)32(23-7-5-4-6-8-23)24-11-13-33(35,36)14-12-24/h4-10,19-20,24,32H,11-18H2,1-3H3. The molecule has 1 unspecified atom stereocenters. The number of fused-ring (bicyclic) bond motifs is 3. The Kier molecular flexibility index (Phi) is 6.93. The van der Waals surface area contributed by atoms with Gasteiger partial charge in [-0.1, -0.05) is 41.6 Å². The number of halogens is 4. The molecule has 6 nitrogen and oxygen atoms in total. The van der Waals surface area contributed by atoms with E-state index >= 15 is 0 Å². The molecule has 1 saturated heterocycles. The Labute approximate surface area is 253 Å². The van der Waals surface area contributed by atoms with Crippen LogP contribution < -0.4 is 4.90 Å². The summed E-state index contributed by atoms with van der Waals surface area (Å²) in [4.78, 5) is 7.10. The largest absolute Gasteiger partial charge is 0.370 e. The third-order valence-electron chi connectivity index (χ3n) is 9.69.